The Bertz CT molecular complexity index is 435. The molecule has 0 amide bonds. The van der Waals surface area contributed by atoms with Gasteiger partial charge in [-0.1, -0.05) is 30.5 Å². The van der Waals surface area contributed by atoms with Gasteiger partial charge in [-0.05, 0) is 50.2 Å². The number of hydrogen-bond acceptors (Lipinski definition) is 2. The molecule has 104 valence electrons. The summed E-state index contributed by atoms with van der Waals surface area (Å²) in [5.74, 6) is 0.925. The first kappa shape index (κ1) is 13.0. The summed E-state index contributed by atoms with van der Waals surface area (Å²) in [7, 11) is 0. The highest BCUT2D eigenvalue weighted by molar-refractivity contribution is 5.56. The maximum atomic E-state index is 5.96. The lowest BCUT2D eigenvalue weighted by atomic mass is 9.95. The summed E-state index contributed by atoms with van der Waals surface area (Å²) in [6.45, 7) is 4.03. The topological polar surface area (TPSA) is 29.3 Å². The number of nitrogens with zero attached hydrogens (tertiary/aromatic N) is 1. The van der Waals surface area contributed by atoms with Crippen LogP contribution in [0.1, 0.15) is 49.7 Å². The lowest BCUT2D eigenvalue weighted by Crippen LogP contribution is -2.35. The fraction of sp³-hybridized carbons (Fsp3) is 0.647. The van der Waals surface area contributed by atoms with E-state index >= 15 is 0 Å². The summed E-state index contributed by atoms with van der Waals surface area (Å²) in [6.07, 6.45) is 8.47. The molecular weight excluding hydrogens is 232 g/mol. The van der Waals surface area contributed by atoms with Crippen LogP contribution in [0.15, 0.2) is 18.2 Å². The van der Waals surface area contributed by atoms with Gasteiger partial charge in [-0.3, -0.25) is 0 Å². The molecule has 2 heteroatoms. The Hall–Kier alpha value is -1.02. The number of benzene rings is 1. The van der Waals surface area contributed by atoms with Gasteiger partial charge in [0.1, 0.15) is 0 Å². The van der Waals surface area contributed by atoms with Gasteiger partial charge >= 0.3 is 0 Å². The van der Waals surface area contributed by atoms with E-state index in [0.29, 0.717) is 6.54 Å². The normalized spacial score (nSPS) is 24.3. The SMILES string of the molecule is Cc1ccc(N2CCCC2C2CCCC2)c(CN)c1. The van der Waals surface area contributed by atoms with Crippen molar-refractivity contribution in [1.82, 2.24) is 0 Å². The van der Waals surface area contributed by atoms with Gasteiger partial charge in [-0.2, -0.15) is 0 Å². The molecule has 0 bridgehead atoms. The van der Waals surface area contributed by atoms with Crippen molar-refractivity contribution >= 4 is 5.69 Å². The van der Waals surface area contributed by atoms with Gasteiger partial charge in [-0.25, -0.2) is 0 Å². The quantitative estimate of drug-likeness (QED) is 0.897. The van der Waals surface area contributed by atoms with E-state index in [9.17, 15) is 0 Å². The van der Waals surface area contributed by atoms with Gasteiger partial charge < -0.3 is 10.6 Å². The van der Waals surface area contributed by atoms with Crippen molar-refractivity contribution in [2.45, 2.75) is 58.0 Å². The van der Waals surface area contributed by atoms with Gasteiger partial charge in [0.05, 0.1) is 0 Å². The first-order valence-electron chi connectivity index (χ1n) is 7.86. The number of rotatable bonds is 3. The molecule has 0 aromatic heterocycles. The molecule has 2 nitrogen and oxygen atoms in total. The van der Waals surface area contributed by atoms with Crippen LogP contribution in [0.25, 0.3) is 0 Å². The van der Waals surface area contributed by atoms with E-state index in [-0.39, 0.29) is 0 Å². The van der Waals surface area contributed by atoms with Gasteiger partial charge in [0.25, 0.3) is 0 Å². The van der Waals surface area contributed by atoms with Crippen molar-refractivity contribution in [3.63, 3.8) is 0 Å². The molecule has 1 aromatic carbocycles. The van der Waals surface area contributed by atoms with Crippen LogP contribution >= 0.6 is 0 Å². The molecule has 1 aliphatic carbocycles. The summed E-state index contributed by atoms with van der Waals surface area (Å²) in [6, 6.07) is 7.57. The van der Waals surface area contributed by atoms with Gasteiger partial charge in [-0.15, -0.1) is 0 Å². The van der Waals surface area contributed by atoms with Crippen LogP contribution in [0.4, 0.5) is 5.69 Å². The summed E-state index contributed by atoms with van der Waals surface area (Å²) in [5.41, 5.74) is 10.0. The molecule has 2 aliphatic rings. The van der Waals surface area contributed by atoms with Crippen LogP contribution < -0.4 is 10.6 Å². The minimum atomic E-state index is 0.658. The Morgan fingerprint density at radius 2 is 1.95 bits per heavy atom. The zero-order valence-electron chi connectivity index (χ0n) is 12.1. The number of hydrogen-bond donors (Lipinski definition) is 1. The van der Waals surface area contributed by atoms with Crippen molar-refractivity contribution in [3.05, 3.63) is 29.3 Å². The first-order chi connectivity index (χ1) is 9.29. The van der Waals surface area contributed by atoms with Crippen molar-refractivity contribution in [2.75, 3.05) is 11.4 Å². The van der Waals surface area contributed by atoms with Crippen LogP contribution in [-0.4, -0.2) is 12.6 Å². The van der Waals surface area contributed by atoms with Crippen molar-refractivity contribution in [3.8, 4) is 0 Å². The molecule has 3 rings (SSSR count). The fourth-order valence-electron chi connectivity index (χ4n) is 4.08. The zero-order valence-corrected chi connectivity index (χ0v) is 12.1. The molecule has 1 unspecified atom stereocenters. The summed E-state index contributed by atoms with van der Waals surface area (Å²) in [4.78, 5) is 2.66. The maximum absolute atomic E-state index is 5.96. The molecule has 1 saturated carbocycles. The molecule has 1 saturated heterocycles. The highest BCUT2D eigenvalue weighted by Crippen LogP contribution is 2.38. The predicted molar refractivity (Wildman–Crippen MR) is 81.4 cm³/mol. The van der Waals surface area contributed by atoms with Gasteiger partial charge in [0.2, 0.25) is 0 Å². The van der Waals surface area contributed by atoms with Gasteiger partial charge in [0, 0.05) is 24.8 Å². The second-order valence-corrected chi connectivity index (χ2v) is 6.28. The van der Waals surface area contributed by atoms with Crippen LogP contribution in [-0.2, 0) is 6.54 Å². The average molecular weight is 258 g/mol. The molecule has 0 radical (unpaired) electrons. The number of aryl methyl sites for hydroxylation is 1. The van der Waals surface area contributed by atoms with Crippen LogP contribution in [0.5, 0.6) is 0 Å². The largest absolute Gasteiger partial charge is 0.368 e. The zero-order chi connectivity index (χ0) is 13.2. The third kappa shape index (κ3) is 2.51. The second kappa shape index (κ2) is 5.54. The second-order valence-electron chi connectivity index (χ2n) is 6.28. The molecule has 2 fully saturated rings. The van der Waals surface area contributed by atoms with E-state index in [1.54, 1.807) is 0 Å². The van der Waals surface area contributed by atoms with E-state index in [0.717, 1.165) is 12.0 Å². The van der Waals surface area contributed by atoms with E-state index in [1.165, 1.54) is 61.9 Å². The lowest BCUT2D eigenvalue weighted by Gasteiger charge is -2.33. The summed E-state index contributed by atoms with van der Waals surface area (Å²) in [5, 5.41) is 0. The molecule has 1 aliphatic heterocycles. The summed E-state index contributed by atoms with van der Waals surface area (Å²) >= 11 is 0. The van der Waals surface area contributed by atoms with E-state index in [2.05, 4.69) is 30.0 Å². The van der Waals surface area contributed by atoms with Crippen molar-refractivity contribution in [2.24, 2.45) is 11.7 Å². The monoisotopic (exact) mass is 258 g/mol. The summed E-state index contributed by atoms with van der Waals surface area (Å²) < 4.78 is 0. The van der Waals surface area contributed by atoms with Gasteiger partial charge in [0.15, 0.2) is 0 Å². The molecule has 0 spiro atoms. The average Bonchev–Trinajstić information content (AvgIpc) is 3.08. The molecule has 2 N–H and O–H groups in total. The standard InChI is InChI=1S/C17H26N2/c1-13-8-9-17(15(11-13)12-18)19-10-4-7-16(19)14-5-2-3-6-14/h8-9,11,14,16H,2-7,10,12,18H2,1H3. The number of nitrogens with two attached hydrogens (primary N) is 1. The maximum Gasteiger partial charge on any atom is 0.0414 e. The fourth-order valence-corrected chi connectivity index (χ4v) is 4.08. The Kier molecular flexibility index (Phi) is 3.79. The Labute approximate surface area is 117 Å². The minimum absolute atomic E-state index is 0.658. The van der Waals surface area contributed by atoms with Crippen molar-refractivity contribution in [1.29, 1.82) is 0 Å². The van der Waals surface area contributed by atoms with Crippen LogP contribution in [0.2, 0.25) is 0 Å². The van der Waals surface area contributed by atoms with E-state index < -0.39 is 0 Å². The molecule has 1 heterocycles. The third-order valence-corrected chi connectivity index (χ3v) is 5.01. The third-order valence-electron chi connectivity index (χ3n) is 5.01. The van der Waals surface area contributed by atoms with Crippen LogP contribution in [0.3, 0.4) is 0 Å². The molecule has 19 heavy (non-hydrogen) atoms. The van der Waals surface area contributed by atoms with E-state index in [1.807, 2.05) is 0 Å². The first-order valence-corrected chi connectivity index (χ1v) is 7.86. The van der Waals surface area contributed by atoms with Crippen LogP contribution in [0, 0.1) is 12.8 Å². The highest BCUT2D eigenvalue weighted by atomic mass is 15.2. The van der Waals surface area contributed by atoms with Crippen molar-refractivity contribution < 1.29 is 0 Å². The predicted octanol–water partition coefficient (Wildman–Crippen LogP) is 3.61. The Morgan fingerprint density at radius 1 is 1.16 bits per heavy atom. The highest BCUT2D eigenvalue weighted by Gasteiger charge is 2.33. The Balaban J connectivity index is 1.87. The number of anilines is 1. The molecular formula is C17H26N2. The molecule has 1 atom stereocenters. The minimum Gasteiger partial charge on any atom is -0.368 e. The lowest BCUT2D eigenvalue weighted by molar-refractivity contribution is 0.430. The van der Waals surface area contributed by atoms with E-state index in [4.69, 9.17) is 5.73 Å². The molecule has 1 aromatic rings. The smallest absolute Gasteiger partial charge is 0.0414 e. The Morgan fingerprint density at radius 3 is 2.68 bits per heavy atom.